The van der Waals surface area contributed by atoms with Gasteiger partial charge in [-0.2, -0.15) is 11.8 Å². The summed E-state index contributed by atoms with van der Waals surface area (Å²) in [5.74, 6) is 7.48. The molecule has 0 bridgehead atoms. The third-order valence-corrected chi connectivity index (χ3v) is 3.67. The van der Waals surface area contributed by atoms with Gasteiger partial charge < -0.3 is 9.52 Å². The molecule has 0 aliphatic rings. The molecule has 1 unspecified atom stereocenters. The van der Waals surface area contributed by atoms with Crippen LogP contribution in [0.5, 0.6) is 0 Å². The molecule has 0 fully saturated rings. The summed E-state index contributed by atoms with van der Waals surface area (Å²) in [5, 5.41) is 8.90. The van der Waals surface area contributed by atoms with E-state index in [0.29, 0.717) is 0 Å². The fraction of sp³-hybridized carbons (Fsp3) is 0.545. The number of carbonyl (C=O) groups excluding carboxylic acids is 1. The SMILES string of the molecule is Cc1oc(C(=O)NN)cc1CSCC(C)CO. The number of aliphatic hydroxyl groups excluding tert-OH is 1. The minimum atomic E-state index is -0.423. The molecule has 1 amide bonds. The molecule has 0 radical (unpaired) electrons. The Kier molecular flexibility index (Phi) is 5.54. The van der Waals surface area contributed by atoms with Gasteiger partial charge in [-0.05, 0) is 24.7 Å². The average Bonchev–Trinajstić information content (AvgIpc) is 2.69. The fourth-order valence-corrected chi connectivity index (χ4v) is 2.40. The molecule has 1 aromatic heterocycles. The van der Waals surface area contributed by atoms with Gasteiger partial charge in [-0.15, -0.1) is 0 Å². The Morgan fingerprint density at radius 1 is 1.71 bits per heavy atom. The lowest BCUT2D eigenvalue weighted by Gasteiger charge is -2.05. The first kappa shape index (κ1) is 14.1. The number of aryl methyl sites for hydroxylation is 1. The monoisotopic (exact) mass is 258 g/mol. The van der Waals surface area contributed by atoms with Crippen molar-refractivity contribution in [2.45, 2.75) is 19.6 Å². The molecule has 0 aromatic carbocycles. The highest BCUT2D eigenvalue weighted by molar-refractivity contribution is 7.98. The molecular formula is C11H18N2O3S. The second-order valence-electron chi connectivity index (χ2n) is 3.97. The number of nitrogens with two attached hydrogens (primary N) is 1. The first-order valence-electron chi connectivity index (χ1n) is 5.37. The van der Waals surface area contributed by atoms with E-state index in [9.17, 15) is 4.79 Å². The minimum Gasteiger partial charge on any atom is -0.456 e. The van der Waals surface area contributed by atoms with E-state index < -0.39 is 5.91 Å². The lowest BCUT2D eigenvalue weighted by atomic mass is 10.2. The predicted molar refractivity (Wildman–Crippen MR) is 67.5 cm³/mol. The molecule has 96 valence electrons. The van der Waals surface area contributed by atoms with Crippen LogP contribution in [0.3, 0.4) is 0 Å². The number of nitrogen functional groups attached to an aromatic ring is 1. The number of furan rings is 1. The number of amides is 1. The van der Waals surface area contributed by atoms with Crippen molar-refractivity contribution in [3.05, 3.63) is 23.2 Å². The Morgan fingerprint density at radius 2 is 2.41 bits per heavy atom. The van der Waals surface area contributed by atoms with Crippen LogP contribution in [0.4, 0.5) is 0 Å². The summed E-state index contributed by atoms with van der Waals surface area (Å²) in [4.78, 5) is 11.2. The van der Waals surface area contributed by atoms with E-state index >= 15 is 0 Å². The van der Waals surface area contributed by atoms with Gasteiger partial charge in [-0.3, -0.25) is 10.2 Å². The maximum atomic E-state index is 11.2. The summed E-state index contributed by atoms with van der Waals surface area (Å²) in [7, 11) is 0. The lowest BCUT2D eigenvalue weighted by molar-refractivity contribution is 0.0924. The van der Waals surface area contributed by atoms with E-state index in [1.54, 1.807) is 17.8 Å². The zero-order valence-corrected chi connectivity index (χ0v) is 10.8. The van der Waals surface area contributed by atoms with Gasteiger partial charge in [0.25, 0.3) is 0 Å². The first-order valence-corrected chi connectivity index (χ1v) is 6.52. The Balaban J connectivity index is 2.54. The Labute approximate surface area is 105 Å². The van der Waals surface area contributed by atoms with Crippen LogP contribution in [-0.2, 0) is 5.75 Å². The third-order valence-electron chi connectivity index (χ3n) is 2.35. The van der Waals surface area contributed by atoms with Gasteiger partial charge in [0.1, 0.15) is 5.76 Å². The highest BCUT2D eigenvalue weighted by Crippen LogP contribution is 2.21. The van der Waals surface area contributed by atoms with Crippen LogP contribution >= 0.6 is 11.8 Å². The van der Waals surface area contributed by atoms with Crippen LogP contribution < -0.4 is 11.3 Å². The van der Waals surface area contributed by atoms with Gasteiger partial charge in [0.2, 0.25) is 0 Å². The zero-order valence-electron chi connectivity index (χ0n) is 10.0. The van der Waals surface area contributed by atoms with Crippen molar-refractivity contribution >= 4 is 17.7 Å². The Hall–Kier alpha value is -0.980. The van der Waals surface area contributed by atoms with Gasteiger partial charge in [-0.25, -0.2) is 5.84 Å². The summed E-state index contributed by atoms with van der Waals surface area (Å²) in [5.41, 5.74) is 3.02. The molecule has 4 N–H and O–H groups in total. The highest BCUT2D eigenvalue weighted by Gasteiger charge is 2.13. The number of nitrogens with one attached hydrogen (secondary N) is 1. The lowest BCUT2D eigenvalue weighted by Crippen LogP contribution is -2.29. The molecule has 0 aliphatic heterocycles. The van der Waals surface area contributed by atoms with Crippen LogP contribution in [-0.4, -0.2) is 23.4 Å². The second kappa shape index (κ2) is 6.68. The summed E-state index contributed by atoms with van der Waals surface area (Å²) in [6.07, 6.45) is 0. The third kappa shape index (κ3) is 4.07. The molecule has 1 aromatic rings. The number of carbonyl (C=O) groups is 1. The maximum Gasteiger partial charge on any atom is 0.300 e. The number of thioether (sulfide) groups is 1. The van der Waals surface area contributed by atoms with E-state index in [1.807, 2.05) is 19.3 Å². The molecule has 6 heteroatoms. The molecule has 5 nitrogen and oxygen atoms in total. The van der Waals surface area contributed by atoms with Crippen molar-refractivity contribution in [1.82, 2.24) is 5.43 Å². The smallest absolute Gasteiger partial charge is 0.300 e. The van der Waals surface area contributed by atoms with Crippen LogP contribution in [0.15, 0.2) is 10.5 Å². The van der Waals surface area contributed by atoms with Gasteiger partial charge in [-0.1, -0.05) is 6.92 Å². The quantitative estimate of drug-likeness (QED) is 0.403. The number of hydrogen-bond donors (Lipinski definition) is 3. The zero-order chi connectivity index (χ0) is 12.8. The molecule has 1 atom stereocenters. The number of aliphatic hydroxyl groups is 1. The summed E-state index contributed by atoms with van der Waals surface area (Å²) >= 11 is 1.70. The molecule has 17 heavy (non-hydrogen) atoms. The molecule has 0 spiro atoms. The minimum absolute atomic E-state index is 0.193. The van der Waals surface area contributed by atoms with Crippen LogP contribution in [0.25, 0.3) is 0 Å². The van der Waals surface area contributed by atoms with E-state index in [2.05, 4.69) is 0 Å². The summed E-state index contributed by atoms with van der Waals surface area (Å²) in [6, 6.07) is 1.70. The van der Waals surface area contributed by atoms with E-state index in [4.69, 9.17) is 15.4 Å². The molecule has 0 saturated heterocycles. The number of hydrazine groups is 1. The van der Waals surface area contributed by atoms with Gasteiger partial charge >= 0.3 is 5.91 Å². The summed E-state index contributed by atoms with van der Waals surface area (Å²) in [6.45, 7) is 4.00. The van der Waals surface area contributed by atoms with Gasteiger partial charge in [0.15, 0.2) is 5.76 Å². The number of hydrogen-bond acceptors (Lipinski definition) is 5. The summed E-state index contributed by atoms with van der Waals surface area (Å²) < 4.78 is 5.30. The van der Waals surface area contributed by atoms with Gasteiger partial charge in [0.05, 0.1) is 0 Å². The highest BCUT2D eigenvalue weighted by atomic mass is 32.2. The maximum absolute atomic E-state index is 11.2. The van der Waals surface area contributed by atoms with Crippen LogP contribution in [0.2, 0.25) is 0 Å². The number of rotatable bonds is 6. The van der Waals surface area contributed by atoms with Crippen molar-refractivity contribution in [2.24, 2.45) is 11.8 Å². The van der Waals surface area contributed by atoms with E-state index in [0.717, 1.165) is 22.8 Å². The van der Waals surface area contributed by atoms with Crippen molar-refractivity contribution in [3.8, 4) is 0 Å². The van der Waals surface area contributed by atoms with E-state index in [-0.39, 0.29) is 18.3 Å². The average molecular weight is 258 g/mol. The second-order valence-corrected chi connectivity index (χ2v) is 5.00. The van der Waals surface area contributed by atoms with Crippen molar-refractivity contribution in [2.75, 3.05) is 12.4 Å². The molecule has 0 saturated carbocycles. The fourth-order valence-electron chi connectivity index (χ4n) is 1.27. The van der Waals surface area contributed by atoms with Gasteiger partial charge in [0, 0.05) is 17.9 Å². The van der Waals surface area contributed by atoms with Crippen molar-refractivity contribution in [3.63, 3.8) is 0 Å². The Bertz CT molecular complexity index is 379. The molecule has 1 heterocycles. The first-order chi connectivity index (χ1) is 8.08. The largest absolute Gasteiger partial charge is 0.456 e. The van der Waals surface area contributed by atoms with E-state index in [1.165, 1.54) is 0 Å². The predicted octanol–water partition coefficient (Wildman–Crippen LogP) is 1.05. The van der Waals surface area contributed by atoms with Crippen LogP contribution in [0, 0.1) is 12.8 Å². The topological polar surface area (TPSA) is 88.5 Å². The van der Waals surface area contributed by atoms with Crippen molar-refractivity contribution < 1.29 is 14.3 Å². The molecule has 0 aliphatic carbocycles. The van der Waals surface area contributed by atoms with Crippen molar-refractivity contribution in [1.29, 1.82) is 0 Å². The normalized spacial score (nSPS) is 12.5. The molecule has 1 rings (SSSR count). The molecular weight excluding hydrogens is 240 g/mol. The van der Waals surface area contributed by atoms with Crippen LogP contribution in [0.1, 0.15) is 28.8 Å². The standard InChI is InChI=1S/C11H18N2O3S/c1-7(4-14)5-17-6-9-3-10(11(15)13-12)16-8(9)2/h3,7,14H,4-6,12H2,1-2H3,(H,13,15). The Morgan fingerprint density at radius 3 is 3.00 bits per heavy atom.